The molecule has 0 radical (unpaired) electrons. The first kappa shape index (κ1) is 14.2. The lowest BCUT2D eigenvalue weighted by Crippen LogP contribution is -2.34. The molecule has 1 aliphatic rings. The third kappa shape index (κ3) is 4.13. The van der Waals surface area contributed by atoms with Crippen LogP contribution in [0.3, 0.4) is 0 Å². The van der Waals surface area contributed by atoms with Crippen molar-refractivity contribution in [1.82, 2.24) is 0 Å². The number of carbonyl (C=O) groups is 1. The number of ether oxygens (including phenoxy) is 2. The molecule has 0 aromatic heterocycles. The molecule has 1 heterocycles. The van der Waals surface area contributed by atoms with Gasteiger partial charge in [-0.1, -0.05) is 0 Å². The molecule has 0 bridgehead atoms. The normalized spacial score (nSPS) is 26.3. The van der Waals surface area contributed by atoms with Gasteiger partial charge in [-0.05, 0) is 13.8 Å². The van der Waals surface area contributed by atoms with E-state index < -0.39 is 25.5 Å². The van der Waals surface area contributed by atoms with Gasteiger partial charge in [-0.2, -0.15) is 0 Å². The molecular weight excluding hydrogens is 245 g/mol. The first-order chi connectivity index (χ1) is 8.00. The van der Waals surface area contributed by atoms with Gasteiger partial charge in [-0.15, -0.1) is 0 Å². The van der Waals surface area contributed by atoms with Crippen molar-refractivity contribution in [2.24, 2.45) is 4.99 Å². The first-order valence-corrected chi connectivity index (χ1v) is 7.80. The monoisotopic (exact) mass is 263 g/mol. The van der Waals surface area contributed by atoms with Crippen LogP contribution in [-0.4, -0.2) is 50.6 Å². The summed E-state index contributed by atoms with van der Waals surface area (Å²) in [4.78, 5) is 15.4. The van der Waals surface area contributed by atoms with Gasteiger partial charge >= 0.3 is 5.97 Å². The van der Waals surface area contributed by atoms with E-state index in [2.05, 4.69) is 4.99 Å². The van der Waals surface area contributed by atoms with Crippen LogP contribution in [0.25, 0.3) is 0 Å². The highest BCUT2D eigenvalue weighted by Gasteiger charge is 2.38. The van der Waals surface area contributed by atoms with Gasteiger partial charge in [0, 0.05) is 6.66 Å². The van der Waals surface area contributed by atoms with Crippen LogP contribution in [-0.2, 0) is 23.4 Å². The standard InChI is InChI=1S/C10H18NO5P/c1-4-14-10(12)9-8(15-7-11-9)6-17(3,13)16-5-2/h7-9H,4-6H2,1-3H3. The molecule has 0 aliphatic carbocycles. The zero-order chi connectivity index (χ0) is 12.9. The van der Waals surface area contributed by atoms with Gasteiger partial charge in [0.15, 0.2) is 12.4 Å². The van der Waals surface area contributed by atoms with Gasteiger partial charge in [0.1, 0.15) is 6.10 Å². The molecular formula is C10H18NO5P. The highest BCUT2D eigenvalue weighted by atomic mass is 31.2. The van der Waals surface area contributed by atoms with Crippen molar-refractivity contribution in [1.29, 1.82) is 0 Å². The zero-order valence-corrected chi connectivity index (χ0v) is 11.2. The molecule has 1 rings (SSSR count). The molecule has 0 amide bonds. The summed E-state index contributed by atoms with van der Waals surface area (Å²) in [6.45, 7) is 5.67. The molecule has 0 N–H and O–H groups in total. The summed E-state index contributed by atoms with van der Waals surface area (Å²) in [5, 5.41) is 0. The van der Waals surface area contributed by atoms with E-state index in [4.69, 9.17) is 14.0 Å². The summed E-state index contributed by atoms with van der Waals surface area (Å²) in [6, 6.07) is -0.733. The quantitative estimate of drug-likeness (QED) is 0.533. The number of carbonyl (C=O) groups excluding carboxylic acids is 1. The van der Waals surface area contributed by atoms with Crippen LogP contribution in [0.1, 0.15) is 13.8 Å². The minimum absolute atomic E-state index is 0.157. The topological polar surface area (TPSA) is 74.2 Å². The Hall–Kier alpha value is -0.870. The van der Waals surface area contributed by atoms with E-state index in [-0.39, 0.29) is 12.8 Å². The number of rotatable bonds is 6. The van der Waals surface area contributed by atoms with E-state index in [1.165, 1.54) is 13.1 Å². The first-order valence-electron chi connectivity index (χ1n) is 5.55. The van der Waals surface area contributed by atoms with Crippen LogP contribution in [0.2, 0.25) is 0 Å². The van der Waals surface area contributed by atoms with E-state index >= 15 is 0 Å². The minimum Gasteiger partial charge on any atom is -0.477 e. The number of hydrogen-bond donors (Lipinski definition) is 0. The second-order valence-electron chi connectivity index (χ2n) is 3.74. The maximum absolute atomic E-state index is 12.0. The summed E-state index contributed by atoms with van der Waals surface area (Å²) in [5.74, 6) is -0.456. The van der Waals surface area contributed by atoms with Gasteiger partial charge in [0.2, 0.25) is 7.37 Å². The average molecular weight is 263 g/mol. The fourth-order valence-corrected chi connectivity index (χ4v) is 3.18. The molecule has 0 aromatic carbocycles. The van der Waals surface area contributed by atoms with Gasteiger partial charge in [0.05, 0.1) is 19.4 Å². The van der Waals surface area contributed by atoms with Crippen LogP contribution in [0.4, 0.5) is 0 Å². The van der Waals surface area contributed by atoms with Crippen molar-refractivity contribution in [3.05, 3.63) is 0 Å². The van der Waals surface area contributed by atoms with Crippen molar-refractivity contribution in [2.45, 2.75) is 26.0 Å². The molecule has 3 unspecified atom stereocenters. The second-order valence-corrected chi connectivity index (χ2v) is 6.39. The van der Waals surface area contributed by atoms with Crippen molar-refractivity contribution < 1.29 is 23.4 Å². The van der Waals surface area contributed by atoms with Crippen molar-refractivity contribution in [3.63, 3.8) is 0 Å². The second kappa shape index (κ2) is 6.17. The summed E-state index contributed by atoms with van der Waals surface area (Å²) in [6.07, 6.45) is 0.805. The van der Waals surface area contributed by atoms with E-state index in [0.29, 0.717) is 6.61 Å². The number of nitrogens with zero attached hydrogens (tertiary/aromatic N) is 1. The maximum atomic E-state index is 12.0. The molecule has 0 aromatic rings. The van der Waals surface area contributed by atoms with Gasteiger partial charge in [0.25, 0.3) is 0 Å². The average Bonchev–Trinajstić information content (AvgIpc) is 2.65. The van der Waals surface area contributed by atoms with E-state index in [9.17, 15) is 9.36 Å². The van der Waals surface area contributed by atoms with Crippen molar-refractivity contribution in [3.8, 4) is 0 Å². The van der Waals surface area contributed by atoms with E-state index in [1.54, 1.807) is 13.8 Å². The Morgan fingerprint density at radius 1 is 1.47 bits per heavy atom. The number of esters is 1. The summed E-state index contributed by atoms with van der Waals surface area (Å²) in [5.41, 5.74) is 0. The fourth-order valence-electron chi connectivity index (χ4n) is 1.59. The Morgan fingerprint density at radius 3 is 2.76 bits per heavy atom. The predicted octanol–water partition coefficient (Wildman–Crippen LogP) is 1.29. The summed E-state index contributed by atoms with van der Waals surface area (Å²) in [7, 11) is -2.75. The lowest BCUT2D eigenvalue weighted by molar-refractivity contribution is -0.145. The molecule has 0 fully saturated rings. The van der Waals surface area contributed by atoms with Crippen LogP contribution >= 0.6 is 7.37 Å². The minimum atomic E-state index is -2.75. The zero-order valence-electron chi connectivity index (χ0n) is 10.3. The molecule has 6 nitrogen and oxygen atoms in total. The third-order valence-corrected chi connectivity index (χ3v) is 4.08. The van der Waals surface area contributed by atoms with Gasteiger partial charge in [-0.25, -0.2) is 9.79 Å². The molecule has 3 atom stereocenters. The van der Waals surface area contributed by atoms with E-state index in [0.717, 1.165) is 0 Å². The molecule has 1 aliphatic heterocycles. The van der Waals surface area contributed by atoms with Crippen molar-refractivity contribution >= 4 is 19.7 Å². The number of hydrogen-bond acceptors (Lipinski definition) is 6. The smallest absolute Gasteiger partial charge is 0.334 e. The molecule has 0 spiro atoms. The Labute approximate surface area is 101 Å². The lowest BCUT2D eigenvalue weighted by Gasteiger charge is -2.20. The number of aliphatic imine (C=N–C) groups is 1. The summed E-state index contributed by atoms with van der Waals surface area (Å²) < 4.78 is 27.2. The maximum Gasteiger partial charge on any atom is 0.334 e. The van der Waals surface area contributed by atoms with Crippen LogP contribution in [0.15, 0.2) is 4.99 Å². The molecule has 98 valence electrons. The lowest BCUT2D eigenvalue weighted by atomic mass is 10.2. The summed E-state index contributed by atoms with van der Waals surface area (Å²) >= 11 is 0. The van der Waals surface area contributed by atoms with Gasteiger partial charge < -0.3 is 14.0 Å². The Balaban J connectivity index is 2.60. The predicted molar refractivity (Wildman–Crippen MR) is 63.8 cm³/mol. The Kier molecular flexibility index (Phi) is 5.15. The van der Waals surface area contributed by atoms with E-state index in [1.807, 2.05) is 0 Å². The van der Waals surface area contributed by atoms with Crippen LogP contribution < -0.4 is 0 Å². The SMILES string of the molecule is CCOC(=O)C1N=COC1CP(C)(=O)OCC. The largest absolute Gasteiger partial charge is 0.477 e. The molecule has 0 saturated carbocycles. The molecule has 17 heavy (non-hydrogen) atoms. The molecule has 7 heteroatoms. The fraction of sp³-hybridized carbons (Fsp3) is 0.800. The highest BCUT2D eigenvalue weighted by molar-refractivity contribution is 7.58. The Bertz CT molecular complexity index is 344. The highest BCUT2D eigenvalue weighted by Crippen LogP contribution is 2.44. The van der Waals surface area contributed by atoms with Crippen LogP contribution in [0.5, 0.6) is 0 Å². The molecule has 0 saturated heterocycles. The van der Waals surface area contributed by atoms with Crippen LogP contribution in [0, 0.1) is 0 Å². The van der Waals surface area contributed by atoms with Gasteiger partial charge in [-0.3, -0.25) is 4.57 Å². The Morgan fingerprint density at radius 2 is 2.18 bits per heavy atom. The van der Waals surface area contributed by atoms with Crippen molar-refractivity contribution in [2.75, 3.05) is 26.0 Å². The third-order valence-electron chi connectivity index (χ3n) is 2.25.